The molecule has 6 nitrogen and oxygen atoms in total. The molecule has 2 heterocycles. The highest BCUT2D eigenvalue weighted by molar-refractivity contribution is 7.89. The second kappa shape index (κ2) is 4.88. The fourth-order valence-electron chi connectivity index (χ4n) is 2.58. The Morgan fingerprint density at radius 3 is 2.79 bits per heavy atom. The number of hydrogen-bond acceptors (Lipinski definition) is 4. The molecule has 0 bridgehead atoms. The molecule has 19 heavy (non-hydrogen) atoms. The first-order valence-electron chi connectivity index (χ1n) is 6.80. The summed E-state index contributed by atoms with van der Waals surface area (Å²) in [4.78, 5) is 4.01. The largest absolute Gasteiger partial charge is 0.339 e. The summed E-state index contributed by atoms with van der Waals surface area (Å²) in [6.45, 7) is 1.57. The van der Waals surface area contributed by atoms with Crippen molar-refractivity contribution in [2.45, 2.75) is 42.8 Å². The summed E-state index contributed by atoms with van der Waals surface area (Å²) in [5.41, 5.74) is 0. The summed E-state index contributed by atoms with van der Waals surface area (Å²) < 4.78 is 28.6. The quantitative estimate of drug-likeness (QED) is 0.846. The van der Waals surface area contributed by atoms with Crippen LogP contribution in [0.25, 0.3) is 0 Å². The summed E-state index contributed by atoms with van der Waals surface area (Å²) in [5.74, 6) is 0. The van der Waals surface area contributed by atoms with Gasteiger partial charge < -0.3 is 9.88 Å². The predicted molar refractivity (Wildman–Crippen MR) is 71.1 cm³/mol. The number of sulfonamides is 1. The van der Waals surface area contributed by atoms with Crippen LogP contribution in [-0.4, -0.2) is 47.4 Å². The van der Waals surface area contributed by atoms with E-state index in [1.54, 1.807) is 22.1 Å². The van der Waals surface area contributed by atoms with E-state index in [0.29, 0.717) is 12.6 Å². The molecule has 106 valence electrons. The second-order valence-corrected chi connectivity index (χ2v) is 7.31. The number of imidazole rings is 1. The van der Waals surface area contributed by atoms with Gasteiger partial charge in [0, 0.05) is 31.9 Å². The highest BCUT2D eigenvalue weighted by Crippen LogP contribution is 2.32. The minimum atomic E-state index is -3.44. The zero-order valence-electron chi connectivity index (χ0n) is 11.1. The first-order chi connectivity index (χ1) is 9.07. The topological polar surface area (TPSA) is 67.2 Å². The van der Waals surface area contributed by atoms with Gasteiger partial charge in [-0.2, -0.15) is 4.31 Å². The van der Waals surface area contributed by atoms with Gasteiger partial charge in [0.1, 0.15) is 0 Å². The maximum atomic E-state index is 12.6. The molecular formula is C12H20N4O2S. The Morgan fingerprint density at radius 2 is 2.26 bits per heavy atom. The molecular weight excluding hydrogens is 264 g/mol. The molecule has 1 N–H and O–H groups in total. The maximum absolute atomic E-state index is 12.6. The Kier molecular flexibility index (Phi) is 3.36. The van der Waals surface area contributed by atoms with Crippen molar-refractivity contribution < 1.29 is 8.42 Å². The van der Waals surface area contributed by atoms with Gasteiger partial charge in [0.15, 0.2) is 5.03 Å². The van der Waals surface area contributed by atoms with Gasteiger partial charge in [-0.25, -0.2) is 13.4 Å². The molecule has 1 aliphatic heterocycles. The molecule has 1 aromatic rings. The zero-order chi connectivity index (χ0) is 13.5. The van der Waals surface area contributed by atoms with Gasteiger partial charge in [0.05, 0.1) is 6.33 Å². The van der Waals surface area contributed by atoms with E-state index >= 15 is 0 Å². The Labute approximate surface area is 113 Å². The van der Waals surface area contributed by atoms with Crippen LogP contribution in [-0.2, 0) is 17.1 Å². The van der Waals surface area contributed by atoms with Crippen LogP contribution in [0.2, 0.25) is 0 Å². The van der Waals surface area contributed by atoms with Gasteiger partial charge in [-0.1, -0.05) is 0 Å². The fraction of sp³-hybridized carbons (Fsp3) is 0.750. The van der Waals surface area contributed by atoms with Crippen LogP contribution in [0.5, 0.6) is 0 Å². The summed E-state index contributed by atoms with van der Waals surface area (Å²) in [6, 6.07) is 0.466. The Morgan fingerprint density at radius 1 is 1.47 bits per heavy atom. The lowest BCUT2D eigenvalue weighted by Gasteiger charge is -2.24. The van der Waals surface area contributed by atoms with Crippen LogP contribution in [0.3, 0.4) is 0 Å². The van der Waals surface area contributed by atoms with Crippen molar-refractivity contribution in [3.63, 3.8) is 0 Å². The molecule has 0 spiro atoms. The summed E-state index contributed by atoms with van der Waals surface area (Å²) in [6.07, 6.45) is 7.24. The average Bonchev–Trinajstić information content (AvgIpc) is 2.88. The molecule has 1 aromatic heterocycles. The second-order valence-electron chi connectivity index (χ2n) is 5.48. The van der Waals surface area contributed by atoms with Crippen molar-refractivity contribution in [2.24, 2.45) is 7.05 Å². The third kappa shape index (κ3) is 2.68. The number of aryl methyl sites for hydroxylation is 1. The molecule has 1 saturated carbocycles. The Bertz CT molecular complexity index is 544. The lowest BCUT2D eigenvalue weighted by Crippen LogP contribution is -2.42. The maximum Gasteiger partial charge on any atom is 0.262 e. The number of nitrogens with zero attached hydrogens (tertiary/aromatic N) is 3. The van der Waals surface area contributed by atoms with Gasteiger partial charge in [0.2, 0.25) is 0 Å². The van der Waals surface area contributed by atoms with Crippen LogP contribution in [0.1, 0.15) is 25.7 Å². The monoisotopic (exact) mass is 284 g/mol. The normalized spacial score (nSPS) is 24.2. The first-order valence-corrected chi connectivity index (χ1v) is 8.24. The van der Waals surface area contributed by atoms with Crippen LogP contribution in [0, 0.1) is 0 Å². The Hall–Kier alpha value is -0.920. The van der Waals surface area contributed by atoms with E-state index in [0.717, 1.165) is 32.2 Å². The molecule has 0 radical (unpaired) electrons. The molecule has 0 amide bonds. The van der Waals surface area contributed by atoms with Gasteiger partial charge in [-0.05, 0) is 32.2 Å². The number of hydrogen-bond donors (Lipinski definition) is 1. The van der Waals surface area contributed by atoms with E-state index < -0.39 is 10.0 Å². The standard InChI is InChI=1S/C12H20N4O2S/c1-15-8-12(14-9-15)19(17,18)16(11-4-5-11)7-10-3-2-6-13-10/h8-11,13H,2-7H2,1H3. The zero-order valence-corrected chi connectivity index (χ0v) is 11.9. The molecule has 7 heteroatoms. The lowest BCUT2D eigenvalue weighted by atomic mass is 10.2. The number of nitrogens with one attached hydrogen (secondary N) is 1. The molecule has 1 unspecified atom stereocenters. The average molecular weight is 284 g/mol. The van der Waals surface area contributed by atoms with Gasteiger partial charge >= 0.3 is 0 Å². The van der Waals surface area contributed by atoms with Crippen LogP contribution in [0.15, 0.2) is 17.6 Å². The van der Waals surface area contributed by atoms with Gasteiger partial charge in [-0.3, -0.25) is 0 Å². The lowest BCUT2D eigenvalue weighted by molar-refractivity contribution is 0.361. The van der Waals surface area contributed by atoms with Crippen LogP contribution >= 0.6 is 0 Å². The van der Waals surface area contributed by atoms with Crippen LogP contribution < -0.4 is 5.32 Å². The third-order valence-electron chi connectivity index (χ3n) is 3.77. The SMILES string of the molecule is Cn1cnc(S(=O)(=O)N(CC2CCCN2)C2CC2)c1. The molecule has 1 saturated heterocycles. The highest BCUT2D eigenvalue weighted by Gasteiger charge is 2.40. The summed E-state index contributed by atoms with van der Waals surface area (Å²) in [5, 5.41) is 3.53. The number of aromatic nitrogens is 2. The summed E-state index contributed by atoms with van der Waals surface area (Å²) >= 11 is 0. The fourth-order valence-corrected chi connectivity index (χ4v) is 4.28. The first kappa shape index (κ1) is 13.1. The van der Waals surface area contributed by atoms with Crippen molar-refractivity contribution in [1.82, 2.24) is 19.2 Å². The highest BCUT2D eigenvalue weighted by atomic mass is 32.2. The van der Waals surface area contributed by atoms with Gasteiger partial charge in [-0.15, -0.1) is 0 Å². The molecule has 3 rings (SSSR count). The molecule has 0 aromatic carbocycles. The van der Waals surface area contributed by atoms with Gasteiger partial charge in [0.25, 0.3) is 10.0 Å². The van der Waals surface area contributed by atoms with E-state index in [9.17, 15) is 8.42 Å². The van der Waals surface area contributed by atoms with Crippen molar-refractivity contribution in [2.75, 3.05) is 13.1 Å². The van der Waals surface area contributed by atoms with E-state index in [2.05, 4.69) is 10.3 Å². The van der Waals surface area contributed by atoms with E-state index in [1.807, 2.05) is 0 Å². The van der Waals surface area contributed by atoms with E-state index in [-0.39, 0.29) is 11.1 Å². The van der Waals surface area contributed by atoms with Crippen molar-refractivity contribution >= 4 is 10.0 Å². The van der Waals surface area contributed by atoms with Crippen molar-refractivity contribution in [1.29, 1.82) is 0 Å². The van der Waals surface area contributed by atoms with Crippen molar-refractivity contribution in [3.05, 3.63) is 12.5 Å². The summed E-state index contributed by atoms with van der Waals surface area (Å²) in [7, 11) is -1.66. The van der Waals surface area contributed by atoms with E-state index in [1.165, 1.54) is 6.33 Å². The molecule has 2 fully saturated rings. The number of rotatable bonds is 5. The predicted octanol–water partition coefficient (Wildman–Crippen LogP) is 0.325. The van der Waals surface area contributed by atoms with E-state index in [4.69, 9.17) is 0 Å². The third-order valence-corrected chi connectivity index (χ3v) is 5.58. The smallest absolute Gasteiger partial charge is 0.262 e. The van der Waals surface area contributed by atoms with Crippen LogP contribution in [0.4, 0.5) is 0 Å². The molecule has 2 aliphatic rings. The molecule has 1 aliphatic carbocycles. The molecule has 1 atom stereocenters. The van der Waals surface area contributed by atoms with Crippen molar-refractivity contribution in [3.8, 4) is 0 Å². The minimum Gasteiger partial charge on any atom is -0.339 e. The minimum absolute atomic E-state index is 0.167. The Balaban J connectivity index is 1.82.